The normalized spacial score (nSPS) is 11.4. The number of nitrogens with one attached hydrogen (secondary N) is 1. The molecule has 0 aliphatic rings. The van der Waals surface area contributed by atoms with Crippen molar-refractivity contribution >= 4 is 5.69 Å². The molecular formula is C12H19NO. The third kappa shape index (κ3) is 4.28. The number of anilines is 1. The number of hydrogen-bond acceptors (Lipinski definition) is 2. The number of hydrogen-bond donors (Lipinski definition) is 1. The van der Waals surface area contributed by atoms with Crippen molar-refractivity contribution in [1.82, 2.24) is 0 Å². The number of aryl methyl sites for hydroxylation is 1. The second-order valence-corrected chi connectivity index (χ2v) is 4.45. The molecule has 0 saturated carbocycles. The Bertz CT molecular complexity index is 289. The average molecular weight is 193 g/mol. The number of rotatable bonds is 3. The highest BCUT2D eigenvalue weighted by molar-refractivity contribution is 5.44. The zero-order valence-electron chi connectivity index (χ0n) is 9.42. The van der Waals surface area contributed by atoms with Gasteiger partial charge >= 0.3 is 0 Å². The molecule has 1 aromatic rings. The van der Waals surface area contributed by atoms with Gasteiger partial charge < -0.3 is 10.1 Å². The fraction of sp³-hybridized carbons (Fsp3) is 0.500. The molecule has 78 valence electrons. The van der Waals surface area contributed by atoms with Gasteiger partial charge in [-0.1, -0.05) is 12.1 Å². The fourth-order valence-corrected chi connectivity index (χ4v) is 1.09. The van der Waals surface area contributed by atoms with E-state index in [1.54, 1.807) is 0 Å². The Morgan fingerprint density at radius 3 is 2.57 bits per heavy atom. The van der Waals surface area contributed by atoms with Crippen LogP contribution in [0, 0.1) is 6.92 Å². The van der Waals surface area contributed by atoms with Crippen LogP contribution in [0.15, 0.2) is 24.3 Å². The molecule has 0 spiro atoms. The summed E-state index contributed by atoms with van der Waals surface area (Å²) in [4.78, 5) is 0. The van der Waals surface area contributed by atoms with Crippen molar-refractivity contribution in [3.63, 3.8) is 0 Å². The van der Waals surface area contributed by atoms with Gasteiger partial charge in [-0.15, -0.1) is 0 Å². The standard InChI is InChI=1S/C12H19NO/c1-10-6-5-7-11(8-10)13-9-14-12(2,3)4/h5-8,13H,9H2,1-4H3. The smallest absolute Gasteiger partial charge is 0.117 e. The maximum Gasteiger partial charge on any atom is 0.117 e. The molecule has 0 saturated heterocycles. The SMILES string of the molecule is Cc1cccc(NCOC(C)(C)C)c1. The zero-order valence-corrected chi connectivity index (χ0v) is 9.42. The van der Waals surface area contributed by atoms with Crippen molar-refractivity contribution in [1.29, 1.82) is 0 Å². The minimum atomic E-state index is -0.0865. The van der Waals surface area contributed by atoms with Gasteiger partial charge in [0.2, 0.25) is 0 Å². The van der Waals surface area contributed by atoms with Crippen LogP contribution < -0.4 is 5.32 Å². The summed E-state index contributed by atoms with van der Waals surface area (Å²) >= 11 is 0. The van der Waals surface area contributed by atoms with Crippen LogP contribution in [-0.4, -0.2) is 12.3 Å². The molecule has 0 unspecified atom stereocenters. The lowest BCUT2D eigenvalue weighted by Crippen LogP contribution is -2.23. The highest BCUT2D eigenvalue weighted by Crippen LogP contribution is 2.11. The lowest BCUT2D eigenvalue weighted by atomic mass is 10.2. The van der Waals surface area contributed by atoms with E-state index < -0.39 is 0 Å². The van der Waals surface area contributed by atoms with Crippen molar-refractivity contribution in [3.8, 4) is 0 Å². The third-order valence-corrected chi connectivity index (χ3v) is 1.80. The van der Waals surface area contributed by atoms with Crippen molar-refractivity contribution < 1.29 is 4.74 Å². The Labute approximate surface area is 86.3 Å². The van der Waals surface area contributed by atoms with E-state index in [0.717, 1.165) is 5.69 Å². The lowest BCUT2D eigenvalue weighted by Gasteiger charge is -2.20. The molecule has 0 heterocycles. The molecule has 0 fully saturated rings. The van der Waals surface area contributed by atoms with Gasteiger partial charge in [-0.25, -0.2) is 0 Å². The largest absolute Gasteiger partial charge is 0.363 e. The molecule has 0 aliphatic heterocycles. The van der Waals surface area contributed by atoms with Crippen LogP contribution in [0.4, 0.5) is 5.69 Å². The molecule has 14 heavy (non-hydrogen) atoms. The molecule has 1 N–H and O–H groups in total. The molecule has 0 radical (unpaired) electrons. The first-order valence-corrected chi connectivity index (χ1v) is 4.92. The maximum atomic E-state index is 5.56. The lowest BCUT2D eigenvalue weighted by molar-refractivity contribution is 0.00846. The maximum absolute atomic E-state index is 5.56. The Balaban J connectivity index is 2.39. The molecule has 0 aromatic heterocycles. The fourth-order valence-electron chi connectivity index (χ4n) is 1.09. The van der Waals surface area contributed by atoms with Crippen LogP contribution in [0.25, 0.3) is 0 Å². The van der Waals surface area contributed by atoms with E-state index >= 15 is 0 Å². The summed E-state index contributed by atoms with van der Waals surface area (Å²) in [6.45, 7) is 8.77. The van der Waals surface area contributed by atoms with E-state index in [2.05, 4.69) is 24.4 Å². The summed E-state index contributed by atoms with van der Waals surface area (Å²) in [5.74, 6) is 0. The molecule has 2 nitrogen and oxygen atoms in total. The van der Waals surface area contributed by atoms with Gasteiger partial charge in [0.25, 0.3) is 0 Å². The summed E-state index contributed by atoms with van der Waals surface area (Å²) < 4.78 is 5.56. The summed E-state index contributed by atoms with van der Waals surface area (Å²) in [5, 5.41) is 3.22. The van der Waals surface area contributed by atoms with Gasteiger partial charge in [-0.05, 0) is 45.4 Å². The van der Waals surface area contributed by atoms with E-state index in [-0.39, 0.29) is 5.60 Å². The van der Waals surface area contributed by atoms with Gasteiger partial charge in [-0.3, -0.25) is 0 Å². The topological polar surface area (TPSA) is 21.3 Å². The highest BCUT2D eigenvalue weighted by atomic mass is 16.5. The van der Waals surface area contributed by atoms with Gasteiger partial charge in [0, 0.05) is 5.69 Å². The van der Waals surface area contributed by atoms with Gasteiger partial charge in [-0.2, -0.15) is 0 Å². The van der Waals surface area contributed by atoms with Crippen LogP contribution in [0.3, 0.4) is 0 Å². The summed E-state index contributed by atoms with van der Waals surface area (Å²) in [6.07, 6.45) is 0. The number of ether oxygens (including phenoxy) is 1. The molecule has 2 heteroatoms. The van der Waals surface area contributed by atoms with Gasteiger partial charge in [0.1, 0.15) is 6.73 Å². The quantitative estimate of drug-likeness (QED) is 0.744. The van der Waals surface area contributed by atoms with Crippen LogP contribution in [0.2, 0.25) is 0 Å². The third-order valence-electron chi connectivity index (χ3n) is 1.80. The van der Waals surface area contributed by atoms with E-state index in [0.29, 0.717) is 6.73 Å². The Hall–Kier alpha value is -1.02. The first kappa shape index (κ1) is 11.1. The Kier molecular flexibility index (Phi) is 3.53. The first-order chi connectivity index (χ1) is 6.47. The predicted octanol–water partition coefficient (Wildman–Crippen LogP) is 3.18. The van der Waals surface area contributed by atoms with Crippen molar-refractivity contribution in [2.75, 3.05) is 12.0 Å². The Morgan fingerprint density at radius 2 is 2.00 bits per heavy atom. The van der Waals surface area contributed by atoms with E-state index in [1.165, 1.54) is 5.56 Å². The summed E-state index contributed by atoms with van der Waals surface area (Å²) in [6, 6.07) is 8.26. The molecular weight excluding hydrogens is 174 g/mol. The van der Waals surface area contributed by atoms with Crippen LogP contribution in [-0.2, 0) is 4.74 Å². The monoisotopic (exact) mass is 193 g/mol. The van der Waals surface area contributed by atoms with Gasteiger partial charge in [0.15, 0.2) is 0 Å². The summed E-state index contributed by atoms with van der Waals surface area (Å²) in [5.41, 5.74) is 2.27. The Morgan fingerprint density at radius 1 is 1.29 bits per heavy atom. The highest BCUT2D eigenvalue weighted by Gasteiger charge is 2.08. The zero-order chi connectivity index (χ0) is 10.6. The molecule has 0 atom stereocenters. The van der Waals surface area contributed by atoms with Crippen molar-refractivity contribution in [2.45, 2.75) is 33.3 Å². The van der Waals surface area contributed by atoms with Crippen molar-refractivity contribution in [2.24, 2.45) is 0 Å². The number of benzene rings is 1. The molecule has 0 amide bonds. The molecule has 1 aromatic carbocycles. The van der Waals surface area contributed by atoms with E-state index in [4.69, 9.17) is 4.74 Å². The average Bonchev–Trinajstić information content (AvgIpc) is 2.01. The predicted molar refractivity (Wildman–Crippen MR) is 60.5 cm³/mol. The van der Waals surface area contributed by atoms with E-state index in [9.17, 15) is 0 Å². The first-order valence-electron chi connectivity index (χ1n) is 4.92. The van der Waals surface area contributed by atoms with Gasteiger partial charge in [0.05, 0.1) is 5.60 Å². The molecule has 1 rings (SSSR count). The summed E-state index contributed by atoms with van der Waals surface area (Å²) in [7, 11) is 0. The van der Waals surface area contributed by atoms with Crippen molar-refractivity contribution in [3.05, 3.63) is 29.8 Å². The molecule has 0 bridgehead atoms. The second-order valence-electron chi connectivity index (χ2n) is 4.45. The minimum absolute atomic E-state index is 0.0865. The van der Waals surface area contributed by atoms with E-state index in [1.807, 2.05) is 32.9 Å². The van der Waals surface area contributed by atoms with Crippen LogP contribution in [0.1, 0.15) is 26.3 Å². The second kappa shape index (κ2) is 4.47. The van der Waals surface area contributed by atoms with Crippen LogP contribution in [0.5, 0.6) is 0 Å². The van der Waals surface area contributed by atoms with Crippen LogP contribution >= 0.6 is 0 Å². The molecule has 0 aliphatic carbocycles. The minimum Gasteiger partial charge on any atom is -0.363 e.